The minimum absolute atomic E-state index is 0.319. The van der Waals surface area contributed by atoms with E-state index in [0.717, 1.165) is 5.69 Å². The molecule has 0 aliphatic carbocycles. The van der Waals surface area contributed by atoms with E-state index >= 15 is 0 Å². The van der Waals surface area contributed by atoms with Gasteiger partial charge in [0.1, 0.15) is 11.6 Å². The second-order valence-electron chi connectivity index (χ2n) is 4.62. The summed E-state index contributed by atoms with van der Waals surface area (Å²) in [5, 5.41) is 14.2. The lowest BCUT2D eigenvalue weighted by Crippen LogP contribution is -2.23. The number of ether oxygens (including phenoxy) is 1. The molecule has 1 N–H and O–H groups in total. The van der Waals surface area contributed by atoms with E-state index in [9.17, 15) is 9.90 Å². The van der Waals surface area contributed by atoms with Gasteiger partial charge in [-0.25, -0.2) is 4.79 Å². The normalized spacial score (nSPS) is 13.5. The van der Waals surface area contributed by atoms with E-state index in [0.29, 0.717) is 12.1 Å². The van der Waals surface area contributed by atoms with Crippen molar-refractivity contribution >= 4 is 5.97 Å². The van der Waals surface area contributed by atoms with Crippen molar-refractivity contribution in [3.05, 3.63) is 17.5 Å². The van der Waals surface area contributed by atoms with Crippen LogP contribution in [0.4, 0.5) is 0 Å². The molecule has 0 aromatic carbocycles. The monoisotopic (exact) mass is 240 g/mol. The number of esters is 1. The Morgan fingerprint density at radius 1 is 1.65 bits per heavy atom. The molecule has 0 radical (unpaired) electrons. The largest absolute Gasteiger partial charge is 0.467 e. The highest BCUT2D eigenvalue weighted by atomic mass is 16.5. The van der Waals surface area contributed by atoms with Crippen molar-refractivity contribution in [2.24, 2.45) is 0 Å². The van der Waals surface area contributed by atoms with E-state index in [1.807, 2.05) is 13.8 Å². The van der Waals surface area contributed by atoms with Crippen molar-refractivity contribution in [3.63, 3.8) is 0 Å². The van der Waals surface area contributed by atoms with Crippen molar-refractivity contribution in [1.29, 1.82) is 0 Å². The van der Waals surface area contributed by atoms with Crippen LogP contribution in [0.1, 0.15) is 44.6 Å². The Bertz CT molecular complexity index is 404. The van der Waals surface area contributed by atoms with E-state index < -0.39 is 11.6 Å². The highest BCUT2D eigenvalue weighted by Gasteiger charge is 2.26. The molecule has 1 aromatic heterocycles. The van der Waals surface area contributed by atoms with Crippen LogP contribution in [0.2, 0.25) is 0 Å². The Hall–Kier alpha value is -1.36. The average Bonchev–Trinajstić information content (AvgIpc) is 2.61. The van der Waals surface area contributed by atoms with Crippen LogP contribution in [0.5, 0.6) is 0 Å². The number of rotatable bonds is 4. The fourth-order valence-electron chi connectivity index (χ4n) is 1.68. The molecule has 5 nitrogen and oxygen atoms in total. The van der Waals surface area contributed by atoms with Crippen LogP contribution in [-0.2, 0) is 15.1 Å². The summed E-state index contributed by atoms with van der Waals surface area (Å²) in [7, 11) is 1.36. The standard InChI is InChI=1S/C12H20N2O3/c1-6-9(11(15)17-5)14-8(2)7-10(13-14)12(3,4)16/h7,9,16H,6H2,1-5H3. The lowest BCUT2D eigenvalue weighted by atomic mass is 10.1. The maximum Gasteiger partial charge on any atom is 0.330 e. The molecule has 1 atom stereocenters. The summed E-state index contributed by atoms with van der Waals surface area (Å²) in [6.07, 6.45) is 0.598. The molecule has 0 fully saturated rings. The maximum absolute atomic E-state index is 11.6. The molecule has 0 aliphatic rings. The molecule has 1 unspecified atom stereocenters. The molecule has 96 valence electrons. The number of hydrogen-bond donors (Lipinski definition) is 1. The molecule has 5 heteroatoms. The number of nitrogens with zero attached hydrogens (tertiary/aromatic N) is 2. The summed E-state index contributed by atoms with van der Waals surface area (Å²) in [6, 6.07) is 1.35. The third kappa shape index (κ3) is 2.85. The lowest BCUT2D eigenvalue weighted by Gasteiger charge is -2.16. The molecule has 0 aliphatic heterocycles. The molecule has 0 spiro atoms. The fourth-order valence-corrected chi connectivity index (χ4v) is 1.68. The zero-order valence-corrected chi connectivity index (χ0v) is 11.0. The Labute approximate surface area is 101 Å². The van der Waals surface area contributed by atoms with Gasteiger partial charge in [-0.1, -0.05) is 6.92 Å². The lowest BCUT2D eigenvalue weighted by molar-refractivity contribution is -0.145. The minimum atomic E-state index is -1.01. The van der Waals surface area contributed by atoms with Gasteiger partial charge >= 0.3 is 5.97 Å². The molecule has 17 heavy (non-hydrogen) atoms. The van der Waals surface area contributed by atoms with Crippen LogP contribution in [-0.4, -0.2) is 28.0 Å². The summed E-state index contributed by atoms with van der Waals surface area (Å²) < 4.78 is 6.36. The third-order valence-corrected chi connectivity index (χ3v) is 2.70. The summed E-state index contributed by atoms with van der Waals surface area (Å²) in [5.41, 5.74) is 0.376. The van der Waals surface area contributed by atoms with Crippen molar-refractivity contribution in [2.75, 3.05) is 7.11 Å². The van der Waals surface area contributed by atoms with Gasteiger partial charge in [0.05, 0.1) is 12.8 Å². The minimum Gasteiger partial charge on any atom is -0.467 e. The van der Waals surface area contributed by atoms with Crippen molar-refractivity contribution in [3.8, 4) is 0 Å². The van der Waals surface area contributed by atoms with Gasteiger partial charge in [-0.3, -0.25) is 4.68 Å². The van der Waals surface area contributed by atoms with Crippen molar-refractivity contribution in [2.45, 2.75) is 45.8 Å². The smallest absolute Gasteiger partial charge is 0.330 e. The van der Waals surface area contributed by atoms with Crippen LogP contribution in [0.25, 0.3) is 0 Å². The maximum atomic E-state index is 11.6. The molecular formula is C12H20N2O3. The summed E-state index contributed by atoms with van der Waals surface area (Å²) in [5.74, 6) is -0.319. The van der Waals surface area contributed by atoms with E-state index in [1.165, 1.54) is 7.11 Å². The van der Waals surface area contributed by atoms with Gasteiger partial charge in [0, 0.05) is 5.69 Å². The number of hydrogen-bond acceptors (Lipinski definition) is 4. The molecule has 0 amide bonds. The Kier molecular flexibility index (Phi) is 3.93. The second kappa shape index (κ2) is 4.87. The molecular weight excluding hydrogens is 220 g/mol. The van der Waals surface area contributed by atoms with E-state index in [-0.39, 0.29) is 5.97 Å². The fraction of sp³-hybridized carbons (Fsp3) is 0.667. The van der Waals surface area contributed by atoms with Gasteiger partial charge in [-0.2, -0.15) is 5.10 Å². The van der Waals surface area contributed by atoms with E-state index in [2.05, 4.69) is 5.10 Å². The summed E-state index contributed by atoms with van der Waals surface area (Å²) in [6.45, 7) is 7.08. The third-order valence-electron chi connectivity index (χ3n) is 2.70. The zero-order chi connectivity index (χ0) is 13.2. The quantitative estimate of drug-likeness (QED) is 0.811. The second-order valence-corrected chi connectivity index (χ2v) is 4.62. The molecule has 1 aromatic rings. The van der Waals surface area contributed by atoms with Crippen molar-refractivity contribution in [1.82, 2.24) is 9.78 Å². The van der Waals surface area contributed by atoms with E-state index in [1.54, 1.807) is 24.6 Å². The molecule has 1 rings (SSSR count). The predicted octanol–water partition coefficient (Wildman–Crippen LogP) is 1.54. The molecule has 0 saturated carbocycles. The Morgan fingerprint density at radius 2 is 2.24 bits per heavy atom. The SMILES string of the molecule is CCC(C(=O)OC)n1nc(C(C)(C)O)cc1C. The van der Waals surface area contributed by atoms with E-state index in [4.69, 9.17) is 4.74 Å². The number of aryl methyl sites for hydroxylation is 1. The highest BCUT2D eigenvalue weighted by molar-refractivity contribution is 5.74. The Morgan fingerprint density at radius 3 is 2.59 bits per heavy atom. The number of carbonyl (C=O) groups excluding carboxylic acids is 1. The first kappa shape index (κ1) is 13.7. The van der Waals surface area contributed by atoms with Gasteiger partial charge in [0.15, 0.2) is 0 Å². The van der Waals surface area contributed by atoms with Gasteiger partial charge < -0.3 is 9.84 Å². The van der Waals surface area contributed by atoms with Gasteiger partial charge in [-0.15, -0.1) is 0 Å². The number of carbonyl (C=O) groups is 1. The first-order chi connectivity index (χ1) is 7.81. The molecule has 0 bridgehead atoms. The van der Waals surface area contributed by atoms with Crippen LogP contribution in [0.15, 0.2) is 6.07 Å². The average molecular weight is 240 g/mol. The summed E-state index contributed by atoms with van der Waals surface area (Å²) in [4.78, 5) is 11.6. The number of aliphatic hydroxyl groups is 1. The molecule has 1 heterocycles. The van der Waals surface area contributed by atoms with Crippen molar-refractivity contribution < 1.29 is 14.6 Å². The first-order valence-corrected chi connectivity index (χ1v) is 5.68. The zero-order valence-electron chi connectivity index (χ0n) is 11.0. The Balaban J connectivity index is 3.13. The van der Waals surface area contributed by atoms with Crippen LogP contribution in [0, 0.1) is 6.92 Å². The van der Waals surface area contributed by atoms with Gasteiger partial charge in [0.25, 0.3) is 0 Å². The first-order valence-electron chi connectivity index (χ1n) is 5.68. The van der Waals surface area contributed by atoms with Crippen LogP contribution < -0.4 is 0 Å². The molecule has 0 saturated heterocycles. The predicted molar refractivity (Wildman–Crippen MR) is 63.6 cm³/mol. The number of methoxy groups -OCH3 is 1. The van der Waals surface area contributed by atoms with Crippen LogP contribution in [0.3, 0.4) is 0 Å². The van der Waals surface area contributed by atoms with Gasteiger partial charge in [0.2, 0.25) is 0 Å². The summed E-state index contributed by atoms with van der Waals surface area (Å²) >= 11 is 0. The van der Waals surface area contributed by atoms with Gasteiger partial charge in [-0.05, 0) is 33.3 Å². The van der Waals surface area contributed by atoms with Crippen LogP contribution >= 0.6 is 0 Å². The topological polar surface area (TPSA) is 64.4 Å². The highest BCUT2D eigenvalue weighted by Crippen LogP contribution is 2.22. The number of aromatic nitrogens is 2.